The van der Waals surface area contributed by atoms with Gasteiger partial charge < -0.3 is 10.6 Å². The van der Waals surface area contributed by atoms with Gasteiger partial charge in [-0.3, -0.25) is 0 Å². The number of aryl methyl sites for hydroxylation is 1. The second kappa shape index (κ2) is 4.50. The van der Waals surface area contributed by atoms with Crippen molar-refractivity contribution in [2.24, 2.45) is 0 Å². The maximum absolute atomic E-state index is 4.54. The highest BCUT2D eigenvalue weighted by molar-refractivity contribution is 5.35. The lowest BCUT2D eigenvalue weighted by atomic mass is 9.86. The number of fused-ring (bicyclic) bond motifs is 1. The van der Waals surface area contributed by atoms with Gasteiger partial charge in [-0.2, -0.15) is 0 Å². The maximum atomic E-state index is 4.54. The van der Waals surface area contributed by atoms with E-state index in [2.05, 4.69) is 27.8 Å². The minimum absolute atomic E-state index is 0.563. The zero-order valence-electron chi connectivity index (χ0n) is 9.35. The van der Waals surface area contributed by atoms with Crippen LogP contribution >= 0.6 is 0 Å². The second-order valence-electron chi connectivity index (χ2n) is 3.97. The highest BCUT2D eigenvalue weighted by atomic mass is 15.0. The summed E-state index contributed by atoms with van der Waals surface area (Å²) in [6.07, 6.45) is 3.54. The molecule has 0 aromatic carbocycles. The first-order valence-corrected chi connectivity index (χ1v) is 5.51. The predicted octanol–water partition coefficient (Wildman–Crippen LogP) is 1.36. The zero-order valence-corrected chi connectivity index (χ0v) is 9.35. The molecule has 0 bridgehead atoms. The van der Waals surface area contributed by atoms with Gasteiger partial charge in [-0.1, -0.05) is 6.07 Å². The van der Waals surface area contributed by atoms with Gasteiger partial charge >= 0.3 is 0 Å². The molecule has 3 nitrogen and oxygen atoms in total. The van der Waals surface area contributed by atoms with Crippen LogP contribution in [0.4, 0.5) is 5.82 Å². The van der Waals surface area contributed by atoms with E-state index in [4.69, 9.17) is 0 Å². The Bertz CT molecular complexity index is 336. The van der Waals surface area contributed by atoms with Gasteiger partial charge in [0.05, 0.1) is 5.69 Å². The van der Waals surface area contributed by atoms with Crippen LogP contribution in [0.15, 0.2) is 0 Å². The van der Waals surface area contributed by atoms with Crippen molar-refractivity contribution in [1.29, 1.82) is 0 Å². The van der Waals surface area contributed by atoms with E-state index < -0.39 is 0 Å². The Labute approximate surface area is 91.3 Å². The van der Waals surface area contributed by atoms with E-state index in [1.54, 1.807) is 0 Å². The summed E-state index contributed by atoms with van der Waals surface area (Å²) in [7, 11) is 3.86. The van der Waals surface area contributed by atoms with Gasteiger partial charge in [0.25, 0.3) is 0 Å². The van der Waals surface area contributed by atoms with E-state index >= 15 is 0 Å². The van der Waals surface area contributed by atoms with Gasteiger partial charge in [-0.25, -0.2) is 4.98 Å². The lowest BCUT2D eigenvalue weighted by molar-refractivity contribution is 0.522. The molecule has 0 radical (unpaired) electrons. The van der Waals surface area contributed by atoms with Crippen molar-refractivity contribution in [3.05, 3.63) is 23.4 Å². The highest BCUT2D eigenvalue weighted by Gasteiger charge is 2.20. The third kappa shape index (κ3) is 2.05. The summed E-state index contributed by atoms with van der Waals surface area (Å²) in [5, 5.41) is 6.24. The van der Waals surface area contributed by atoms with Gasteiger partial charge in [0.15, 0.2) is 5.82 Å². The lowest BCUT2D eigenvalue weighted by Gasteiger charge is -2.22. The quantitative estimate of drug-likeness (QED) is 0.779. The Balaban J connectivity index is 2.28. The van der Waals surface area contributed by atoms with Crippen LogP contribution < -0.4 is 10.6 Å². The molecule has 0 fully saturated rings. The molecule has 1 unspecified atom stereocenters. The van der Waals surface area contributed by atoms with Crippen LogP contribution in [-0.2, 0) is 6.42 Å². The summed E-state index contributed by atoms with van der Waals surface area (Å²) in [5.74, 6) is 1.37. The fourth-order valence-corrected chi connectivity index (χ4v) is 2.18. The summed E-state index contributed by atoms with van der Waals surface area (Å²) < 4.78 is 0. The Morgan fingerprint density at radius 1 is 1.40 bits per heavy atom. The summed E-state index contributed by atoms with van der Waals surface area (Å²) in [6.45, 7) is 1.01. The molecule has 1 heterocycles. The molecule has 1 aliphatic carbocycles. The number of hydrogen-bond donors (Lipinski definition) is 2. The first kappa shape index (κ1) is 10.3. The molecule has 0 amide bonds. The largest absolute Gasteiger partial charge is 0.366 e. The Morgan fingerprint density at radius 3 is 3.00 bits per heavy atom. The van der Waals surface area contributed by atoms with Crippen molar-refractivity contribution in [3.63, 3.8) is 0 Å². The van der Waals surface area contributed by atoms with Crippen LogP contribution in [0.3, 0.4) is 0 Å². The van der Waals surface area contributed by atoms with E-state index in [0.717, 1.165) is 18.8 Å². The molecule has 1 aromatic heterocycles. The molecule has 0 aliphatic heterocycles. The van der Waals surface area contributed by atoms with Crippen molar-refractivity contribution in [2.75, 3.05) is 26.0 Å². The molecule has 2 N–H and O–H groups in total. The molecule has 1 aromatic rings. The SMILES string of the molecule is CNCC1CCCc2nc(NC)c#cc21. The summed E-state index contributed by atoms with van der Waals surface area (Å²) in [4.78, 5) is 4.54. The minimum Gasteiger partial charge on any atom is -0.366 e. The third-order valence-electron chi connectivity index (χ3n) is 2.93. The standard InChI is InChI=1S/C12H17N3/c1-13-8-9-4-3-5-11-10(9)6-7-12(14-2)15-11/h9,13H,3-5,8H2,1-2H3,(H,14,15). The Morgan fingerprint density at radius 2 is 2.27 bits per heavy atom. The molecule has 1 aliphatic rings. The van der Waals surface area contributed by atoms with Crippen molar-refractivity contribution in [1.82, 2.24) is 10.3 Å². The van der Waals surface area contributed by atoms with Gasteiger partial charge in [0, 0.05) is 25.1 Å². The number of nitrogens with zero attached hydrogens (tertiary/aromatic N) is 1. The predicted molar refractivity (Wildman–Crippen MR) is 61.1 cm³/mol. The number of nitrogens with one attached hydrogen (secondary N) is 2. The van der Waals surface area contributed by atoms with Crippen molar-refractivity contribution < 1.29 is 0 Å². The van der Waals surface area contributed by atoms with E-state index in [-0.39, 0.29) is 0 Å². The normalized spacial score (nSPS) is 19.2. The Hall–Kier alpha value is -1.27. The van der Waals surface area contributed by atoms with Crippen LogP contribution in [0.5, 0.6) is 0 Å². The molecule has 1 atom stereocenters. The first-order chi connectivity index (χ1) is 7.35. The molecule has 0 saturated carbocycles. The topological polar surface area (TPSA) is 37.0 Å². The second-order valence-corrected chi connectivity index (χ2v) is 3.97. The van der Waals surface area contributed by atoms with E-state index in [1.165, 1.54) is 24.1 Å². The molecule has 0 spiro atoms. The average Bonchev–Trinajstić information content (AvgIpc) is 2.29. The molecule has 2 rings (SSSR count). The van der Waals surface area contributed by atoms with Crippen LogP contribution in [0, 0.1) is 12.1 Å². The molecule has 15 heavy (non-hydrogen) atoms. The minimum atomic E-state index is 0.563. The van der Waals surface area contributed by atoms with Crippen LogP contribution in [-0.4, -0.2) is 25.6 Å². The van der Waals surface area contributed by atoms with Crippen LogP contribution in [0.1, 0.15) is 30.0 Å². The van der Waals surface area contributed by atoms with Gasteiger partial charge in [-0.05, 0) is 32.4 Å². The van der Waals surface area contributed by atoms with E-state index in [0.29, 0.717) is 5.92 Å². The zero-order chi connectivity index (χ0) is 10.7. The number of rotatable bonds is 3. The lowest BCUT2D eigenvalue weighted by Crippen LogP contribution is -2.21. The first-order valence-electron chi connectivity index (χ1n) is 5.51. The smallest absolute Gasteiger partial charge is 0.178 e. The summed E-state index contributed by atoms with van der Waals surface area (Å²) in [5.41, 5.74) is 2.46. The molecule has 3 heteroatoms. The van der Waals surface area contributed by atoms with Crippen molar-refractivity contribution in [2.45, 2.75) is 25.2 Å². The number of hydrogen-bond acceptors (Lipinski definition) is 3. The van der Waals surface area contributed by atoms with Crippen LogP contribution in [0.25, 0.3) is 0 Å². The number of aromatic nitrogens is 1. The average molecular weight is 203 g/mol. The van der Waals surface area contributed by atoms with Gasteiger partial charge in [-0.15, -0.1) is 0 Å². The Kier molecular flexibility index (Phi) is 3.08. The number of anilines is 1. The monoisotopic (exact) mass is 203 g/mol. The van der Waals surface area contributed by atoms with Gasteiger partial charge in [0.2, 0.25) is 0 Å². The summed E-state index contributed by atoms with van der Waals surface area (Å²) >= 11 is 0. The highest BCUT2D eigenvalue weighted by Crippen LogP contribution is 2.28. The molecular formula is C12H17N3. The van der Waals surface area contributed by atoms with E-state index in [1.807, 2.05) is 14.1 Å². The van der Waals surface area contributed by atoms with Crippen molar-refractivity contribution in [3.8, 4) is 0 Å². The molecular weight excluding hydrogens is 186 g/mol. The van der Waals surface area contributed by atoms with Crippen LogP contribution in [0.2, 0.25) is 0 Å². The fourth-order valence-electron chi connectivity index (χ4n) is 2.18. The maximum Gasteiger partial charge on any atom is 0.178 e. The number of likely N-dealkylation sites (N-methyl/N-ethyl adjacent to an activating group) is 1. The third-order valence-corrected chi connectivity index (χ3v) is 2.93. The van der Waals surface area contributed by atoms with E-state index in [9.17, 15) is 0 Å². The van der Waals surface area contributed by atoms with Crippen molar-refractivity contribution >= 4 is 5.82 Å². The molecule has 0 saturated heterocycles. The summed E-state index contributed by atoms with van der Waals surface area (Å²) in [6, 6.07) is 6.31. The fraction of sp³-hybridized carbons (Fsp3) is 0.583. The molecule has 80 valence electrons. The van der Waals surface area contributed by atoms with Gasteiger partial charge in [0.1, 0.15) is 0 Å².